The van der Waals surface area contributed by atoms with Crippen LogP contribution in [-0.2, 0) is 0 Å². The minimum atomic E-state index is 0.176. The third-order valence-corrected chi connectivity index (χ3v) is 7.08. The summed E-state index contributed by atoms with van der Waals surface area (Å²) in [5.41, 5.74) is 1.84. The lowest BCUT2D eigenvalue weighted by atomic mass is 10.2. The Balaban J connectivity index is 4.55. The zero-order chi connectivity index (χ0) is 10.6. The normalized spacial score (nSPS) is 19.6. The van der Waals surface area contributed by atoms with Crippen LogP contribution in [-0.4, -0.2) is 16.5 Å². The van der Waals surface area contributed by atoms with Crippen molar-refractivity contribution in [2.75, 3.05) is 0 Å². The Labute approximate surface area is 86.3 Å². The first-order valence-electron chi connectivity index (χ1n) is 5.63. The minimum Gasteiger partial charge on any atom is -0.0954 e. The highest BCUT2D eigenvalue weighted by Gasteiger charge is 2.31. The molecule has 0 bridgehead atoms. The summed E-state index contributed by atoms with van der Waals surface area (Å²) in [5.74, 6) is 0. The Morgan fingerprint density at radius 3 is 1.38 bits per heavy atom. The molecule has 0 aliphatic rings. The van der Waals surface area contributed by atoms with Gasteiger partial charge in [0.2, 0.25) is 0 Å². The van der Waals surface area contributed by atoms with Crippen molar-refractivity contribution in [1.82, 2.24) is 0 Å². The molecule has 13 heavy (non-hydrogen) atoms. The average Bonchev–Trinajstić information content (AvgIpc) is 2.01. The fraction of sp³-hybridized carbons (Fsp3) is 1.00. The van der Waals surface area contributed by atoms with Crippen molar-refractivity contribution < 1.29 is 0 Å². The molecule has 0 aliphatic carbocycles. The van der Waals surface area contributed by atoms with Crippen molar-refractivity contribution in [3.63, 3.8) is 0 Å². The molecule has 0 radical (unpaired) electrons. The van der Waals surface area contributed by atoms with Gasteiger partial charge in [0.1, 0.15) is 0 Å². The van der Waals surface area contributed by atoms with Crippen LogP contribution in [0.1, 0.15) is 61.3 Å². The van der Waals surface area contributed by atoms with Gasteiger partial charge in [0, 0.05) is 0 Å². The van der Waals surface area contributed by atoms with Gasteiger partial charge in [0.25, 0.3) is 0 Å². The molecule has 0 spiro atoms. The van der Waals surface area contributed by atoms with E-state index in [4.69, 9.17) is 0 Å². The number of hydrogen-bond acceptors (Lipinski definition) is 0. The molecule has 2 unspecified atom stereocenters. The Hall–Kier alpha value is 0.430. The molecule has 80 valence electrons. The molecule has 0 saturated heterocycles. The van der Waals surface area contributed by atoms with Crippen LogP contribution in [0.3, 0.4) is 0 Å². The molecule has 0 nitrogen and oxygen atoms in total. The SMILES string of the molecule is CCC(C)P(C(C)CC)C(C)(C)C. The fourth-order valence-electron chi connectivity index (χ4n) is 2.15. The monoisotopic (exact) mass is 202 g/mol. The fourth-order valence-corrected chi connectivity index (χ4v) is 6.45. The lowest BCUT2D eigenvalue weighted by molar-refractivity contribution is 0.721. The second-order valence-corrected chi connectivity index (χ2v) is 9.01. The molecule has 0 aromatic rings. The molecule has 2 atom stereocenters. The third kappa shape index (κ3) is 3.98. The van der Waals surface area contributed by atoms with Crippen molar-refractivity contribution in [3.05, 3.63) is 0 Å². The van der Waals surface area contributed by atoms with Crippen LogP contribution < -0.4 is 0 Å². The van der Waals surface area contributed by atoms with Crippen molar-refractivity contribution in [2.24, 2.45) is 0 Å². The highest BCUT2D eigenvalue weighted by atomic mass is 31.1. The maximum atomic E-state index is 2.43. The van der Waals surface area contributed by atoms with Gasteiger partial charge in [-0.1, -0.05) is 56.4 Å². The highest BCUT2D eigenvalue weighted by molar-refractivity contribution is 7.60. The predicted molar refractivity (Wildman–Crippen MR) is 66.2 cm³/mol. The molecular weight excluding hydrogens is 175 g/mol. The average molecular weight is 202 g/mol. The van der Waals surface area contributed by atoms with Crippen molar-refractivity contribution in [1.29, 1.82) is 0 Å². The van der Waals surface area contributed by atoms with E-state index >= 15 is 0 Å². The number of rotatable bonds is 4. The van der Waals surface area contributed by atoms with Gasteiger partial charge in [-0.2, -0.15) is 0 Å². The second kappa shape index (κ2) is 5.35. The zero-order valence-electron chi connectivity index (χ0n) is 10.5. The first-order valence-corrected chi connectivity index (χ1v) is 7.11. The van der Waals surface area contributed by atoms with Crippen LogP contribution in [0.5, 0.6) is 0 Å². The van der Waals surface area contributed by atoms with E-state index in [1.165, 1.54) is 12.8 Å². The Kier molecular flexibility index (Phi) is 5.52. The topological polar surface area (TPSA) is 0 Å². The van der Waals surface area contributed by atoms with Crippen molar-refractivity contribution >= 4 is 7.92 Å². The standard InChI is InChI=1S/C12H27P/c1-8-10(3)13(11(4)9-2)12(5,6)7/h10-11H,8-9H2,1-7H3. The number of hydrogen-bond donors (Lipinski definition) is 0. The molecule has 0 rings (SSSR count). The lowest BCUT2D eigenvalue weighted by Gasteiger charge is -2.40. The summed E-state index contributed by atoms with van der Waals surface area (Å²) in [5, 5.41) is 0.528. The van der Waals surface area contributed by atoms with E-state index in [-0.39, 0.29) is 7.92 Å². The van der Waals surface area contributed by atoms with Gasteiger partial charge in [-0.25, -0.2) is 0 Å². The maximum Gasteiger partial charge on any atom is -0.0175 e. The molecule has 0 N–H and O–H groups in total. The summed E-state index contributed by atoms with van der Waals surface area (Å²) in [7, 11) is 0.176. The van der Waals surface area contributed by atoms with E-state index < -0.39 is 0 Å². The summed E-state index contributed by atoms with van der Waals surface area (Å²) in [6, 6.07) is 0. The Morgan fingerprint density at radius 1 is 0.923 bits per heavy atom. The van der Waals surface area contributed by atoms with E-state index in [0.29, 0.717) is 5.16 Å². The summed E-state index contributed by atoms with van der Waals surface area (Å²) in [4.78, 5) is 0. The molecule has 0 fully saturated rings. The van der Waals surface area contributed by atoms with Gasteiger partial charge < -0.3 is 0 Å². The molecule has 0 aliphatic heterocycles. The predicted octanol–water partition coefficient (Wildman–Crippen LogP) is 4.86. The largest absolute Gasteiger partial charge is 0.0954 e. The van der Waals surface area contributed by atoms with Gasteiger partial charge in [0.15, 0.2) is 0 Å². The van der Waals surface area contributed by atoms with Gasteiger partial charge >= 0.3 is 0 Å². The van der Waals surface area contributed by atoms with Gasteiger partial charge in [-0.05, 0) is 29.3 Å². The molecular formula is C12H27P. The van der Waals surface area contributed by atoms with E-state index in [1.54, 1.807) is 0 Å². The maximum absolute atomic E-state index is 2.43. The van der Waals surface area contributed by atoms with Gasteiger partial charge in [0.05, 0.1) is 0 Å². The van der Waals surface area contributed by atoms with Crippen LogP contribution in [0.25, 0.3) is 0 Å². The van der Waals surface area contributed by atoms with E-state index in [1.807, 2.05) is 0 Å². The second-order valence-electron chi connectivity index (χ2n) is 5.09. The first kappa shape index (κ1) is 13.4. The molecule has 0 amide bonds. The summed E-state index contributed by atoms with van der Waals surface area (Å²) < 4.78 is 0. The van der Waals surface area contributed by atoms with Crippen LogP contribution in [0.15, 0.2) is 0 Å². The zero-order valence-corrected chi connectivity index (χ0v) is 11.4. The summed E-state index contributed by atoms with van der Waals surface area (Å²) in [6.45, 7) is 16.8. The minimum absolute atomic E-state index is 0.176. The van der Waals surface area contributed by atoms with Crippen molar-refractivity contribution in [2.45, 2.75) is 77.8 Å². The summed E-state index contributed by atoms with van der Waals surface area (Å²) in [6.07, 6.45) is 2.68. The van der Waals surface area contributed by atoms with Crippen molar-refractivity contribution in [3.8, 4) is 0 Å². The van der Waals surface area contributed by atoms with Crippen LogP contribution in [0.4, 0.5) is 0 Å². The molecule has 0 aromatic heterocycles. The van der Waals surface area contributed by atoms with Gasteiger partial charge in [-0.3, -0.25) is 0 Å². The molecule has 0 heterocycles. The van der Waals surface area contributed by atoms with E-state index in [9.17, 15) is 0 Å². The third-order valence-electron chi connectivity index (χ3n) is 2.91. The van der Waals surface area contributed by atoms with Gasteiger partial charge in [-0.15, -0.1) is 0 Å². The Bertz CT molecular complexity index is 125. The van der Waals surface area contributed by atoms with Crippen LogP contribution in [0, 0.1) is 0 Å². The first-order chi connectivity index (χ1) is 5.84. The molecule has 1 heteroatoms. The summed E-state index contributed by atoms with van der Waals surface area (Å²) >= 11 is 0. The highest BCUT2D eigenvalue weighted by Crippen LogP contribution is 2.58. The van der Waals surface area contributed by atoms with Crippen LogP contribution >= 0.6 is 7.92 Å². The molecule has 0 aromatic carbocycles. The lowest BCUT2D eigenvalue weighted by Crippen LogP contribution is -2.24. The Morgan fingerprint density at radius 2 is 1.23 bits per heavy atom. The smallest absolute Gasteiger partial charge is 0.0175 e. The van der Waals surface area contributed by atoms with E-state index in [0.717, 1.165) is 11.3 Å². The van der Waals surface area contributed by atoms with E-state index in [2.05, 4.69) is 48.5 Å². The quantitative estimate of drug-likeness (QED) is 0.571. The molecule has 0 saturated carbocycles. The van der Waals surface area contributed by atoms with Crippen LogP contribution in [0.2, 0.25) is 0 Å².